The Kier molecular flexibility index (Phi) is 6.90. The van der Waals surface area contributed by atoms with Crippen molar-refractivity contribution in [2.24, 2.45) is 0 Å². The summed E-state index contributed by atoms with van der Waals surface area (Å²) in [4.78, 5) is 7.01. The Hall–Kier alpha value is -2.65. The van der Waals surface area contributed by atoms with Gasteiger partial charge >= 0.3 is 0 Å². The Balaban J connectivity index is 1.44. The number of piperidine rings is 1. The van der Waals surface area contributed by atoms with Crippen LogP contribution in [0.15, 0.2) is 46.7 Å². The zero-order chi connectivity index (χ0) is 23.6. The van der Waals surface area contributed by atoms with Crippen molar-refractivity contribution in [3.05, 3.63) is 64.4 Å². The second-order valence-corrected chi connectivity index (χ2v) is 11.2. The lowest BCUT2D eigenvalue weighted by Crippen LogP contribution is -2.39. The molecule has 4 rings (SSSR count). The molecule has 0 amide bonds. The number of thiazole rings is 1. The van der Waals surface area contributed by atoms with Gasteiger partial charge in [0.25, 0.3) is 0 Å². The van der Waals surface area contributed by atoms with Crippen molar-refractivity contribution >= 4 is 26.3 Å². The largest absolute Gasteiger partial charge is 0.497 e. The Morgan fingerprint density at radius 2 is 1.88 bits per heavy atom. The molecule has 0 bridgehead atoms. The molecule has 1 aliphatic heterocycles. The van der Waals surface area contributed by atoms with Gasteiger partial charge in [0.15, 0.2) is 15.0 Å². The number of halogens is 1. The van der Waals surface area contributed by atoms with Gasteiger partial charge in [0.05, 0.1) is 30.1 Å². The molecule has 2 aromatic carbocycles. The van der Waals surface area contributed by atoms with E-state index >= 15 is 0 Å². The fraction of sp³-hybridized carbons (Fsp3) is 0.375. The van der Waals surface area contributed by atoms with Crippen LogP contribution in [0.5, 0.6) is 11.5 Å². The van der Waals surface area contributed by atoms with Crippen LogP contribution in [0, 0.1) is 12.7 Å². The molecule has 0 spiro atoms. The highest BCUT2D eigenvalue weighted by molar-refractivity contribution is 7.92. The van der Waals surface area contributed by atoms with E-state index in [2.05, 4.69) is 4.90 Å². The fourth-order valence-electron chi connectivity index (χ4n) is 4.16. The highest BCUT2D eigenvalue weighted by Crippen LogP contribution is 2.32. The Labute approximate surface area is 197 Å². The zero-order valence-corrected chi connectivity index (χ0v) is 20.5. The molecule has 3 aromatic rings. The summed E-state index contributed by atoms with van der Waals surface area (Å²) in [5, 5.41) is 2.38. The molecule has 0 radical (unpaired) electrons. The molecule has 9 heteroatoms. The van der Waals surface area contributed by atoms with Gasteiger partial charge in [0.1, 0.15) is 17.3 Å². The van der Waals surface area contributed by atoms with Gasteiger partial charge in [-0.05, 0) is 55.7 Å². The third kappa shape index (κ3) is 4.99. The maximum Gasteiger partial charge on any atom is 0.185 e. The number of hydrogen-bond acceptors (Lipinski definition) is 7. The number of aryl methyl sites for hydroxylation is 1. The number of hydrogen-bond donors (Lipinski definition) is 0. The van der Waals surface area contributed by atoms with E-state index in [0.29, 0.717) is 37.9 Å². The standard InChI is InChI=1S/C24H27FN2O4S2/c1-16-4-5-18(25)14-23(16)33(28,29)21-8-10-27(11-9-21)24-26-19(15-32-24)12-17-13-20(30-2)6-7-22(17)31-3/h4-7,13-15,21H,8-12H2,1-3H3. The summed E-state index contributed by atoms with van der Waals surface area (Å²) in [5.41, 5.74) is 2.49. The van der Waals surface area contributed by atoms with Crippen LogP contribution in [-0.4, -0.2) is 46.0 Å². The van der Waals surface area contributed by atoms with Gasteiger partial charge in [-0.3, -0.25) is 0 Å². The molecule has 1 fully saturated rings. The molecular weight excluding hydrogens is 463 g/mol. The van der Waals surface area contributed by atoms with Gasteiger partial charge in [-0.15, -0.1) is 11.3 Å². The number of ether oxygens (including phenoxy) is 2. The molecule has 176 valence electrons. The summed E-state index contributed by atoms with van der Waals surface area (Å²) in [6, 6.07) is 9.63. The molecule has 6 nitrogen and oxygen atoms in total. The average Bonchev–Trinajstić information content (AvgIpc) is 3.29. The highest BCUT2D eigenvalue weighted by atomic mass is 32.2. The third-order valence-corrected chi connectivity index (χ3v) is 9.36. The van der Waals surface area contributed by atoms with E-state index < -0.39 is 20.9 Å². The second-order valence-electron chi connectivity index (χ2n) is 8.12. The number of benzene rings is 2. The van der Waals surface area contributed by atoms with Crippen LogP contribution in [-0.2, 0) is 16.3 Å². The van der Waals surface area contributed by atoms with Crippen LogP contribution in [0.25, 0.3) is 0 Å². The van der Waals surface area contributed by atoms with Gasteiger partial charge in [-0.25, -0.2) is 17.8 Å². The van der Waals surface area contributed by atoms with Gasteiger partial charge in [0, 0.05) is 30.5 Å². The number of rotatable bonds is 7. The van der Waals surface area contributed by atoms with Gasteiger partial charge < -0.3 is 14.4 Å². The second kappa shape index (κ2) is 9.69. The van der Waals surface area contributed by atoms with Crippen molar-refractivity contribution in [3.8, 4) is 11.5 Å². The van der Waals surface area contributed by atoms with Crippen LogP contribution in [0.4, 0.5) is 9.52 Å². The summed E-state index contributed by atoms with van der Waals surface area (Å²) in [7, 11) is -0.309. The van der Waals surface area contributed by atoms with E-state index in [0.717, 1.165) is 34.0 Å². The van der Waals surface area contributed by atoms with Crippen molar-refractivity contribution < 1.29 is 22.3 Å². The van der Waals surface area contributed by atoms with Crippen LogP contribution in [0.2, 0.25) is 0 Å². The minimum absolute atomic E-state index is 0.102. The van der Waals surface area contributed by atoms with E-state index in [4.69, 9.17) is 14.5 Å². The first-order valence-corrected chi connectivity index (χ1v) is 13.1. The quantitative estimate of drug-likeness (QED) is 0.481. The average molecular weight is 491 g/mol. The predicted molar refractivity (Wildman–Crippen MR) is 128 cm³/mol. The molecule has 33 heavy (non-hydrogen) atoms. The number of anilines is 1. The molecular formula is C24H27FN2O4S2. The SMILES string of the molecule is COc1ccc(OC)c(Cc2csc(N3CCC(S(=O)(=O)c4cc(F)ccc4C)CC3)n2)c1. The van der Waals surface area contributed by atoms with Crippen LogP contribution in [0.3, 0.4) is 0 Å². The molecule has 0 aliphatic carbocycles. The molecule has 0 unspecified atom stereocenters. The Morgan fingerprint density at radius 3 is 2.58 bits per heavy atom. The minimum Gasteiger partial charge on any atom is -0.497 e. The normalized spacial score (nSPS) is 15.0. The lowest BCUT2D eigenvalue weighted by atomic mass is 10.1. The molecule has 1 aliphatic rings. The summed E-state index contributed by atoms with van der Waals surface area (Å²) in [6.07, 6.45) is 1.58. The molecule has 0 saturated carbocycles. The molecule has 2 heterocycles. The molecule has 1 saturated heterocycles. The first kappa shape index (κ1) is 23.5. The zero-order valence-electron chi connectivity index (χ0n) is 18.9. The van der Waals surface area contributed by atoms with Crippen molar-refractivity contribution in [2.45, 2.75) is 36.3 Å². The maximum absolute atomic E-state index is 13.7. The summed E-state index contributed by atoms with van der Waals surface area (Å²) in [6.45, 7) is 2.89. The van der Waals surface area contributed by atoms with Gasteiger partial charge in [-0.2, -0.15) is 0 Å². The number of sulfone groups is 1. The smallest absolute Gasteiger partial charge is 0.185 e. The van der Waals surface area contributed by atoms with E-state index in [-0.39, 0.29) is 4.90 Å². The molecule has 1 aromatic heterocycles. The van der Waals surface area contributed by atoms with E-state index in [1.165, 1.54) is 12.1 Å². The van der Waals surface area contributed by atoms with E-state index in [9.17, 15) is 12.8 Å². The molecule has 0 N–H and O–H groups in total. The first-order valence-electron chi connectivity index (χ1n) is 10.7. The summed E-state index contributed by atoms with van der Waals surface area (Å²) in [5.74, 6) is 1.02. The molecule has 0 atom stereocenters. The predicted octanol–water partition coefficient (Wildman–Crippen LogP) is 4.64. The monoisotopic (exact) mass is 490 g/mol. The number of aromatic nitrogens is 1. The maximum atomic E-state index is 13.7. The van der Waals surface area contributed by atoms with Crippen LogP contribution >= 0.6 is 11.3 Å². The van der Waals surface area contributed by atoms with E-state index in [1.54, 1.807) is 32.5 Å². The van der Waals surface area contributed by atoms with E-state index in [1.807, 2.05) is 23.6 Å². The van der Waals surface area contributed by atoms with Crippen molar-refractivity contribution in [3.63, 3.8) is 0 Å². The van der Waals surface area contributed by atoms with Crippen molar-refractivity contribution in [1.82, 2.24) is 4.98 Å². The third-order valence-electron chi connectivity index (χ3n) is 6.01. The fourth-order valence-corrected chi connectivity index (χ4v) is 7.02. The number of nitrogens with zero attached hydrogens (tertiary/aromatic N) is 2. The topological polar surface area (TPSA) is 68.7 Å². The lowest BCUT2D eigenvalue weighted by Gasteiger charge is -2.31. The first-order chi connectivity index (χ1) is 15.8. The Morgan fingerprint density at radius 1 is 1.12 bits per heavy atom. The van der Waals surface area contributed by atoms with Crippen molar-refractivity contribution in [1.29, 1.82) is 0 Å². The summed E-state index contributed by atoms with van der Waals surface area (Å²) >= 11 is 1.55. The van der Waals surface area contributed by atoms with Gasteiger partial charge in [-0.1, -0.05) is 6.07 Å². The summed E-state index contributed by atoms with van der Waals surface area (Å²) < 4.78 is 50.7. The highest BCUT2D eigenvalue weighted by Gasteiger charge is 2.33. The van der Waals surface area contributed by atoms with Crippen molar-refractivity contribution in [2.75, 3.05) is 32.2 Å². The van der Waals surface area contributed by atoms with Crippen LogP contribution < -0.4 is 14.4 Å². The minimum atomic E-state index is -3.58. The lowest BCUT2D eigenvalue weighted by molar-refractivity contribution is 0.399. The Bertz CT molecular complexity index is 1240. The number of methoxy groups -OCH3 is 2. The van der Waals surface area contributed by atoms with Gasteiger partial charge in [0.2, 0.25) is 0 Å². The van der Waals surface area contributed by atoms with Crippen LogP contribution in [0.1, 0.15) is 29.7 Å².